The van der Waals surface area contributed by atoms with Gasteiger partial charge in [-0.15, -0.1) is 0 Å². The van der Waals surface area contributed by atoms with E-state index in [1.54, 1.807) is 0 Å². The van der Waals surface area contributed by atoms with Gasteiger partial charge in [0.2, 0.25) is 0 Å². The second-order valence-electron chi connectivity index (χ2n) is 6.89. The molecule has 0 bridgehead atoms. The Labute approximate surface area is 126 Å². The molecule has 3 heterocycles. The van der Waals surface area contributed by atoms with Crippen LogP contribution >= 0.6 is 0 Å². The second-order valence-corrected chi connectivity index (χ2v) is 6.89. The van der Waals surface area contributed by atoms with Crippen molar-refractivity contribution >= 4 is 0 Å². The number of rotatable bonds is 3. The van der Waals surface area contributed by atoms with Crippen LogP contribution in [-0.4, -0.2) is 50.7 Å². The van der Waals surface area contributed by atoms with E-state index >= 15 is 0 Å². The molecule has 2 aliphatic rings. The van der Waals surface area contributed by atoms with E-state index in [2.05, 4.69) is 23.0 Å². The van der Waals surface area contributed by atoms with Crippen molar-refractivity contribution < 1.29 is 9.84 Å². The highest BCUT2D eigenvalue weighted by Crippen LogP contribution is 2.39. The zero-order valence-corrected chi connectivity index (χ0v) is 13.2. The fourth-order valence-electron chi connectivity index (χ4n) is 3.65. The lowest BCUT2D eigenvalue weighted by Gasteiger charge is -2.48. The predicted octanol–water partition coefficient (Wildman–Crippen LogP) is 1.80. The normalized spacial score (nSPS) is 29.9. The van der Waals surface area contributed by atoms with Crippen molar-refractivity contribution in [3.8, 4) is 0 Å². The van der Waals surface area contributed by atoms with Crippen molar-refractivity contribution in [3.05, 3.63) is 18.0 Å². The third-order valence-electron chi connectivity index (χ3n) is 4.92. The molecule has 21 heavy (non-hydrogen) atoms. The van der Waals surface area contributed by atoms with Crippen molar-refractivity contribution in [2.24, 2.45) is 0 Å². The number of nitrogens with zero attached hydrogens (tertiary/aromatic N) is 3. The summed E-state index contributed by atoms with van der Waals surface area (Å²) in [5.74, 6) is 0. The SMILES string of the molecule is CCn1ccc(CN2CCC3(CC2)CC(C)(O)CCO3)n1. The lowest BCUT2D eigenvalue weighted by molar-refractivity contribution is -0.173. The molecule has 0 aliphatic carbocycles. The van der Waals surface area contributed by atoms with Crippen LogP contribution in [0.3, 0.4) is 0 Å². The van der Waals surface area contributed by atoms with Crippen LogP contribution in [0, 0.1) is 0 Å². The van der Waals surface area contributed by atoms with Crippen molar-refractivity contribution in [2.45, 2.75) is 63.8 Å². The lowest BCUT2D eigenvalue weighted by atomic mass is 9.78. The summed E-state index contributed by atoms with van der Waals surface area (Å²) in [6.45, 7) is 8.62. The van der Waals surface area contributed by atoms with E-state index in [1.807, 2.05) is 17.8 Å². The molecule has 118 valence electrons. The summed E-state index contributed by atoms with van der Waals surface area (Å²) in [7, 11) is 0. The molecule has 1 unspecified atom stereocenters. The highest BCUT2D eigenvalue weighted by Gasteiger charge is 2.44. The predicted molar refractivity (Wildman–Crippen MR) is 81.0 cm³/mol. The van der Waals surface area contributed by atoms with Crippen molar-refractivity contribution in [2.75, 3.05) is 19.7 Å². The Morgan fingerprint density at radius 2 is 2.10 bits per heavy atom. The minimum absolute atomic E-state index is 0.0962. The van der Waals surface area contributed by atoms with Gasteiger partial charge >= 0.3 is 0 Å². The maximum Gasteiger partial charge on any atom is 0.0764 e. The Morgan fingerprint density at radius 3 is 2.71 bits per heavy atom. The van der Waals surface area contributed by atoms with Crippen LogP contribution in [-0.2, 0) is 17.8 Å². The highest BCUT2D eigenvalue weighted by atomic mass is 16.5. The summed E-state index contributed by atoms with van der Waals surface area (Å²) < 4.78 is 8.03. The molecule has 0 amide bonds. The van der Waals surface area contributed by atoms with E-state index in [0.29, 0.717) is 6.61 Å². The molecule has 5 heteroatoms. The van der Waals surface area contributed by atoms with Gasteiger partial charge in [-0.25, -0.2) is 0 Å². The first-order chi connectivity index (χ1) is 10.0. The van der Waals surface area contributed by atoms with Gasteiger partial charge in [-0.05, 0) is 39.2 Å². The zero-order valence-electron chi connectivity index (χ0n) is 13.2. The first kappa shape index (κ1) is 15.0. The summed E-state index contributed by atoms with van der Waals surface area (Å²) in [5, 5.41) is 14.9. The standard InChI is InChI=1S/C16H27N3O2/c1-3-19-8-4-14(17-19)12-18-9-5-16(6-10-18)13-15(2,20)7-11-21-16/h4,8,20H,3,5-7,9-13H2,1-2H3. The third-order valence-corrected chi connectivity index (χ3v) is 4.92. The molecule has 5 nitrogen and oxygen atoms in total. The van der Waals surface area contributed by atoms with Gasteiger partial charge in [-0.2, -0.15) is 5.10 Å². The molecule has 1 atom stereocenters. The van der Waals surface area contributed by atoms with Crippen LogP contribution in [0.4, 0.5) is 0 Å². The molecule has 2 saturated heterocycles. The Bertz CT molecular complexity index is 476. The van der Waals surface area contributed by atoms with Crippen LogP contribution < -0.4 is 0 Å². The number of piperidine rings is 1. The van der Waals surface area contributed by atoms with E-state index < -0.39 is 5.60 Å². The quantitative estimate of drug-likeness (QED) is 0.923. The van der Waals surface area contributed by atoms with Gasteiger partial charge < -0.3 is 9.84 Å². The van der Waals surface area contributed by atoms with Crippen LogP contribution in [0.5, 0.6) is 0 Å². The van der Waals surface area contributed by atoms with Gasteiger partial charge in [-0.1, -0.05) is 0 Å². The van der Waals surface area contributed by atoms with Crippen molar-refractivity contribution in [1.29, 1.82) is 0 Å². The molecular formula is C16H27N3O2. The van der Waals surface area contributed by atoms with Crippen LogP contribution in [0.2, 0.25) is 0 Å². The molecule has 0 aromatic carbocycles. The number of hydrogen-bond acceptors (Lipinski definition) is 4. The maximum atomic E-state index is 10.3. The maximum absolute atomic E-state index is 10.3. The van der Waals surface area contributed by atoms with Gasteiger partial charge in [0, 0.05) is 38.8 Å². The fourth-order valence-corrected chi connectivity index (χ4v) is 3.65. The summed E-state index contributed by atoms with van der Waals surface area (Å²) in [6, 6.07) is 2.11. The van der Waals surface area contributed by atoms with Crippen molar-refractivity contribution in [1.82, 2.24) is 14.7 Å². The second kappa shape index (κ2) is 5.71. The molecule has 0 radical (unpaired) electrons. The van der Waals surface area contributed by atoms with Crippen LogP contribution in [0.25, 0.3) is 0 Å². The van der Waals surface area contributed by atoms with Gasteiger partial charge in [-0.3, -0.25) is 9.58 Å². The number of ether oxygens (including phenoxy) is 1. The van der Waals surface area contributed by atoms with E-state index in [4.69, 9.17) is 4.74 Å². The summed E-state index contributed by atoms with van der Waals surface area (Å²) in [6.07, 6.45) is 5.60. The fraction of sp³-hybridized carbons (Fsp3) is 0.812. The smallest absolute Gasteiger partial charge is 0.0764 e. The highest BCUT2D eigenvalue weighted by molar-refractivity contribution is 5.01. The van der Waals surface area contributed by atoms with Gasteiger partial charge in [0.05, 0.1) is 23.5 Å². The van der Waals surface area contributed by atoms with Gasteiger partial charge in [0.25, 0.3) is 0 Å². The average molecular weight is 293 g/mol. The Balaban J connectivity index is 1.55. The molecule has 2 fully saturated rings. The zero-order chi connectivity index (χ0) is 14.9. The average Bonchev–Trinajstić information content (AvgIpc) is 2.88. The molecule has 3 rings (SSSR count). The Hall–Kier alpha value is -0.910. The first-order valence-electron chi connectivity index (χ1n) is 8.11. The van der Waals surface area contributed by atoms with Crippen LogP contribution in [0.1, 0.15) is 45.2 Å². The first-order valence-corrected chi connectivity index (χ1v) is 8.11. The Kier molecular flexibility index (Phi) is 4.08. The van der Waals surface area contributed by atoms with Gasteiger partial charge in [0.1, 0.15) is 0 Å². The van der Waals surface area contributed by atoms with E-state index in [0.717, 1.165) is 57.6 Å². The number of aliphatic hydroxyl groups is 1. The van der Waals surface area contributed by atoms with E-state index in [-0.39, 0.29) is 5.60 Å². The van der Waals surface area contributed by atoms with Gasteiger partial charge in [0.15, 0.2) is 0 Å². The molecule has 1 aromatic heterocycles. The number of likely N-dealkylation sites (tertiary alicyclic amines) is 1. The Morgan fingerprint density at radius 1 is 1.33 bits per heavy atom. The molecule has 1 aromatic rings. The topological polar surface area (TPSA) is 50.5 Å². The van der Waals surface area contributed by atoms with Crippen LogP contribution in [0.15, 0.2) is 12.3 Å². The molecule has 2 aliphatic heterocycles. The third kappa shape index (κ3) is 3.47. The molecule has 1 spiro atoms. The van der Waals surface area contributed by atoms with E-state index in [1.165, 1.54) is 0 Å². The monoisotopic (exact) mass is 293 g/mol. The number of aromatic nitrogens is 2. The summed E-state index contributed by atoms with van der Waals surface area (Å²) >= 11 is 0. The molecule has 0 saturated carbocycles. The minimum Gasteiger partial charge on any atom is -0.390 e. The van der Waals surface area contributed by atoms with Crippen molar-refractivity contribution in [3.63, 3.8) is 0 Å². The van der Waals surface area contributed by atoms with E-state index in [9.17, 15) is 5.11 Å². The molecule has 1 N–H and O–H groups in total. The summed E-state index contributed by atoms with van der Waals surface area (Å²) in [5.41, 5.74) is 0.491. The largest absolute Gasteiger partial charge is 0.390 e. The molecular weight excluding hydrogens is 266 g/mol. The number of hydrogen-bond donors (Lipinski definition) is 1. The summed E-state index contributed by atoms with van der Waals surface area (Å²) in [4.78, 5) is 2.44. The minimum atomic E-state index is -0.555. The lowest BCUT2D eigenvalue weighted by Crippen LogP contribution is -2.53. The number of aryl methyl sites for hydroxylation is 1.